The minimum Gasteiger partial charge on any atom is -0.545 e. The molecule has 0 aliphatic heterocycles. The Morgan fingerprint density at radius 1 is 0.696 bits per heavy atom. The molecule has 0 aromatic carbocycles. The summed E-state index contributed by atoms with van der Waals surface area (Å²) in [5, 5.41) is 20.3. The largest absolute Gasteiger partial charge is 2.00 e. The van der Waals surface area contributed by atoms with Crippen LogP contribution >= 0.6 is 0 Å². The number of rotatable bonds is 12. The van der Waals surface area contributed by atoms with Crippen LogP contribution in [0.15, 0.2) is 24.3 Å². The van der Waals surface area contributed by atoms with E-state index >= 15 is 0 Å². The zero-order valence-corrected chi connectivity index (χ0v) is 17.8. The Bertz CT molecular complexity index is 317. The number of carboxylic acid groups (broad SMARTS) is 2. The predicted octanol–water partition coefficient (Wildman–Crippen LogP) is 2.52. The molecule has 0 N–H and O–H groups in total. The smallest absolute Gasteiger partial charge is 0.545 e. The third-order valence-corrected chi connectivity index (χ3v) is 3.24. The fourth-order valence-electron chi connectivity index (χ4n) is 1.73. The monoisotopic (exact) mass is 374 g/mol. The van der Waals surface area contributed by atoms with Crippen LogP contribution in [0.4, 0.5) is 0 Å². The molecule has 0 aromatic rings. The van der Waals surface area contributed by atoms with Crippen molar-refractivity contribution in [3.63, 3.8) is 0 Å². The van der Waals surface area contributed by atoms with Crippen molar-refractivity contribution in [1.29, 1.82) is 0 Å². The molecule has 0 atom stereocenters. The first-order valence-corrected chi connectivity index (χ1v) is 8.14. The molecule has 0 aliphatic carbocycles. The van der Waals surface area contributed by atoms with Gasteiger partial charge < -0.3 is 19.8 Å². The molecule has 23 heavy (non-hydrogen) atoms. The average molecular weight is 376 g/mol. The van der Waals surface area contributed by atoms with Gasteiger partial charge in [0.1, 0.15) is 0 Å². The molecule has 0 fully saturated rings. The maximum Gasteiger partial charge on any atom is 2.00 e. The summed E-state index contributed by atoms with van der Waals surface area (Å²) in [4.78, 5) is 20.3. The summed E-state index contributed by atoms with van der Waals surface area (Å²) in [6.07, 6.45) is 9.81. The average Bonchev–Trinajstić information content (AvgIpc) is 2.48. The van der Waals surface area contributed by atoms with Gasteiger partial charge >= 0.3 is 19.5 Å². The summed E-state index contributed by atoms with van der Waals surface area (Å²) >= 11 is 0. The Balaban J connectivity index is -0.000000333. The van der Waals surface area contributed by atoms with Crippen LogP contribution in [-0.2, 0) is 29.1 Å². The Labute approximate surface area is 153 Å². The number of carbonyl (C=O) groups excluding carboxylic acids is 2. The van der Waals surface area contributed by atoms with Gasteiger partial charge in [-0.3, -0.25) is 0 Å². The summed E-state index contributed by atoms with van der Waals surface area (Å²) in [5.41, 5.74) is 0.446. The molecule has 0 amide bonds. The number of carboxylic acids is 2. The number of aliphatic carboxylic acids is 2. The van der Waals surface area contributed by atoms with Crippen molar-refractivity contribution in [3.05, 3.63) is 24.3 Å². The molecule has 0 spiro atoms. The molecule has 0 aliphatic rings. The van der Waals surface area contributed by atoms with Crippen LogP contribution < -0.4 is 10.2 Å². The Morgan fingerprint density at radius 2 is 1.00 bits per heavy atom. The van der Waals surface area contributed by atoms with Gasteiger partial charge in [0.25, 0.3) is 0 Å². The minimum absolute atomic E-state index is 0. The third kappa shape index (κ3) is 21.0. The fraction of sp³-hybridized carbons (Fsp3) is 0.667. The van der Waals surface area contributed by atoms with Gasteiger partial charge in [0.2, 0.25) is 0 Å². The van der Waals surface area contributed by atoms with Crippen molar-refractivity contribution in [2.24, 2.45) is 0 Å². The van der Waals surface area contributed by atoms with Gasteiger partial charge in [-0.25, -0.2) is 0 Å². The summed E-state index contributed by atoms with van der Waals surface area (Å²) < 4.78 is 0. The van der Waals surface area contributed by atoms with Crippen LogP contribution in [0.25, 0.3) is 0 Å². The van der Waals surface area contributed by atoms with E-state index in [9.17, 15) is 19.8 Å². The van der Waals surface area contributed by atoms with Gasteiger partial charge in [-0.1, -0.05) is 65.5 Å². The van der Waals surface area contributed by atoms with E-state index in [-0.39, 0.29) is 30.6 Å². The van der Waals surface area contributed by atoms with Crippen molar-refractivity contribution in [2.75, 3.05) is 0 Å². The van der Waals surface area contributed by atoms with Crippen molar-refractivity contribution in [3.8, 4) is 0 Å². The Kier molecular flexibility index (Phi) is 22.3. The molecule has 0 saturated heterocycles. The third-order valence-electron chi connectivity index (χ3n) is 3.24. The fourth-order valence-corrected chi connectivity index (χ4v) is 1.73. The second-order valence-electron chi connectivity index (χ2n) is 5.40. The van der Waals surface area contributed by atoms with E-state index in [4.69, 9.17) is 0 Å². The van der Waals surface area contributed by atoms with E-state index in [0.717, 1.165) is 38.5 Å². The van der Waals surface area contributed by atoms with Crippen LogP contribution in [-0.4, -0.2) is 11.9 Å². The van der Waals surface area contributed by atoms with Crippen LogP contribution in [0.1, 0.15) is 78.1 Å². The first kappa shape index (κ1) is 26.9. The summed E-state index contributed by atoms with van der Waals surface area (Å²) in [7, 11) is 0. The molecule has 0 rings (SSSR count). The maximum absolute atomic E-state index is 10.2. The number of unbranched alkanes of at least 4 members (excludes halogenated alkanes) is 6. The summed E-state index contributed by atoms with van der Waals surface area (Å²) in [6.45, 7) is 11.0. The van der Waals surface area contributed by atoms with E-state index in [1.807, 2.05) is 0 Å². The quantitative estimate of drug-likeness (QED) is 0.298. The predicted molar refractivity (Wildman–Crippen MR) is 85.8 cm³/mol. The molecule has 0 radical (unpaired) electrons. The van der Waals surface area contributed by atoms with Gasteiger partial charge in [0, 0.05) is 0 Å². The number of hydrogen-bond donors (Lipinski definition) is 0. The number of carbonyl (C=O) groups is 2. The summed E-state index contributed by atoms with van der Waals surface area (Å²) in [5.74, 6) is -2.22. The molecule has 0 aromatic heterocycles. The Hall–Kier alpha value is -0.957. The zero-order chi connectivity index (χ0) is 17.4. The van der Waals surface area contributed by atoms with Gasteiger partial charge in [0.15, 0.2) is 0 Å². The van der Waals surface area contributed by atoms with Crippen LogP contribution in [0, 0.1) is 0 Å². The normalized spacial score (nSPS) is 9.13. The maximum atomic E-state index is 10.2. The van der Waals surface area contributed by atoms with Crippen LogP contribution in [0.3, 0.4) is 0 Å². The van der Waals surface area contributed by atoms with E-state index in [2.05, 4.69) is 27.0 Å². The van der Waals surface area contributed by atoms with Crippen molar-refractivity contribution < 1.29 is 39.3 Å². The first-order chi connectivity index (χ1) is 10.4. The first-order valence-electron chi connectivity index (χ1n) is 8.14. The molecule has 0 saturated carbocycles. The van der Waals surface area contributed by atoms with Crippen molar-refractivity contribution >= 4 is 11.9 Å². The van der Waals surface area contributed by atoms with Crippen LogP contribution in [0.5, 0.6) is 0 Å². The van der Waals surface area contributed by atoms with Gasteiger partial charge in [-0.15, -0.1) is 0 Å². The van der Waals surface area contributed by atoms with Gasteiger partial charge in [-0.05, 0) is 36.8 Å². The Morgan fingerprint density at radius 3 is 1.22 bits per heavy atom. The van der Waals surface area contributed by atoms with E-state index in [1.54, 1.807) is 0 Å². The van der Waals surface area contributed by atoms with Gasteiger partial charge in [-0.2, -0.15) is 0 Å². The molecule has 0 unspecified atom stereocenters. The van der Waals surface area contributed by atoms with E-state index < -0.39 is 11.9 Å². The standard InChI is InChI=1S/2C9H16O2.Zn/c2*1-3-4-5-6-7-8(2)9(10)11;/h2*2-7H2,1H3,(H,10,11);/q;;+2/p-2. The molecule has 4 nitrogen and oxygen atoms in total. The van der Waals surface area contributed by atoms with E-state index in [1.165, 1.54) is 12.8 Å². The topological polar surface area (TPSA) is 80.3 Å². The molecule has 0 heterocycles. The molecule has 5 heteroatoms. The van der Waals surface area contributed by atoms with Crippen LogP contribution in [0.2, 0.25) is 0 Å². The molecule has 0 bridgehead atoms. The molecular weight excluding hydrogens is 346 g/mol. The van der Waals surface area contributed by atoms with E-state index in [0.29, 0.717) is 12.8 Å². The second kappa shape index (κ2) is 19.1. The van der Waals surface area contributed by atoms with Crippen molar-refractivity contribution in [1.82, 2.24) is 0 Å². The molecular formula is C18H30O4Zn. The minimum atomic E-state index is -1.11. The SMILES string of the molecule is C=C(CCCCCC)C(=O)[O-].C=C(CCCCCC)C(=O)[O-].[Zn+2]. The summed E-state index contributed by atoms with van der Waals surface area (Å²) in [6, 6.07) is 0. The zero-order valence-electron chi connectivity index (χ0n) is 14.8. The second-order valence-corrected chi connectivity index (χ2v) is 5.40. The number of hydrogen-bond acceptors (Lipinski definition) is 4. The van der Waals surface area contributed by atoms with Crippen molar-refractivity contribution in [2.45, 2.75) is 78.1 Å². The molecule has 128 valence electrons. The van der Waals surface area contributed by atoms with Gasteiger partial charge in [0.05, 0.1) is 11.9 Å².